The molecule has 264 valence electrons. The third kappa shape index (κ3) is 4.08. The standard InChI is InChI=1S/C52H30N4S/c1-2-14-31(15-3-1)49-53-50(55-51(54-49)56-44-24-12-7-20-38(44)47-45(56)29-27-37-36-19-8-13-25-46(36)57-48(37)47)32-26-28-43-39(30-32)35-18-6-11-23-42(35)52(43)40-21-9-4-16-33(40)34-17-5-10-22-41(34)52/h1-30H. The lowest BCUT2D eigenvalue weighted by Crippen LogP contribution is -2.25. The summed E-state index contributed by atoms with van der Waals surface area (Å²) in [7, 11) is 0. The molecule has 0 atom stereocenters. The fraction of sp³-hybridized carbons (Fsp3) is 0.0192. The molecule has 3 aromatic heterocycles. The van der Waals surface area contributed by atoms with E-state index in [0.29, 0.717) is 17.6 Å². The van der Waals surface area contributed by atoms with E-state index in [2.05, 4.69) is 168 Å². The van der Waals surface area contributed by atoms with E-state index in [-0.39, 0.29) is 0 Å². The zero-order chi connectivity index (χ0) is 37.2. The van der Waals surface area contributed by atoms with E-state index in [1.54, 1.807) is 0 Å². The molecule has 0 aliphatic heterocycles. The van der Waals surface area contributed by atoms with Crippen molar-refractivity contribution in [3.8, 4) is 51.0 Å². The second-order valence-electron chi connectivity index (χ2n) is 15.1. The predicted octanol–water partition coefficient (Wildman–Crippen LogP) is 13.0. The van der Waals surface area contributed by atoms with Crippen LogP contribution in [0.1, 0.15) is 22.3 Å². The van der Waals surface area contributed by atoms with Crippen LogP contribution in [0.5, 0.6) is 0 Å². The van der Waals surface area contributed by atoms with Crippen LogP contribution in [0.3, 0.4) is 0 Å². The molecule has 0 radical (unpaired) electrons. The normalized spacial score (nSPS) is 13.4. The second-order valence-corrected chi connectivity index (χ2v) is 16.1. The van der Waals surface area contributed by atoms with Gasteiger partial charge in [0, 0.05) is 42.1 Å². The topological polar surface area (TPSA) is 43.6 Å². The summed E-state index contributed by atoms with van der Waals surface area (Å²) in [5.41, 5.74) is 14.0. The van der Waals surface area contributed by atoms with Crippen molar-refractivity contribution in [1.29, 1.82) is 0 Å². The van der Waals surface area contributed by atoms with Crippen LogP contribution in [-0.4, -0.2) is 19.5 Å². The SMILES string of the molecule is c1ccc(-c2nc(-c3ccc4c(c3)-c3ccccc3C43c4ccccc4-c4ccccc43)nc(-n3c4ccccc4c4c5sc6ccccc6c5ccc43)n2)cc1. The minimum absolute atomic E-state index is 0.405. The maximum Gasteiger partial charge on any atom is 0.238 e. The van der Waals surface area contributed by atoms with Gasteiger partial charge in [0.15, 0.2) is 11.6 Å². The molecule has 57 heavy (non-hydrogen) atoms. The number of hydrogen-bond donors (Lipinski definition) is 0. The van der Waals surface area contributed by atoms with Crippen molar-refractivity contribution < 1.29 is 0 Å². The summed E-state index contributed by atoms with van der Waals surface area (Å²) in [6, 6.07) is 65.8. The van der Waals surface area contributed by atoms with Crippen LogP contribution in [-0.2, 0) is 5.41 Å². The lowest BCUT2D eigenvalue weighted by molar-refractivity contribution is 0.794. The molecule has 0 saturated carbocycles. The average molecular weight is 743 g/mol. The first-order valence-corrected chi connectivity index (χ1v) is 20.2. The van der Waals surface area contributed by atoms with E-state index in [0.717, 1.165) is 22.2 Å². The molecule has 0 amide bonds. The molecule has 0 bridgehead atoms. The number of rotatable bonds is 3. The van der Waals surface area contributed by atoms with Crippen LogP contribution >= 0.6 is 11.3 Å². The Bertz CT molecular complexity index is 3440. The van der Waals surface area contributed by atoms with Crippen molar-refractivity contribution in [1.82, 2.24) is 19.5 Å². The predicted molar refractivity (Wildman–Crippen MR) is 234 cm³/mol. The summed E-state index contributed by atoms with van der Waals surface area (Å²) in [5.74, 6) is 1.88. The Kier molecular flexibility index (Phi) is 6.22. The van der Waals surface area contributed by atoms with E-state index < -0.39 is 5.41 Å². The van der Waals surface area contributed by atoms with Gasteiger partial charge >= 0.3 is 0 Å². The third-order valence-electron chi connectivity index (χ3n) is 12.3. The molecule has 0 N–H and O–H groups in total. The Hall–Kier alpha value is -7.21. The molecule has 3 heterocycles. The smallest absolute Gasteiger partial charge is 0.238 e. The van der Waals surface area contributed by atoms with Crippen LogP contribution in [0.15, 0.2) is 182 Å². The summed E-state index contributed by atoms with van der Waals surface area (Å²) in [4.78, 5) is 15.9. The van der Waals surface area contributed by atoms with E-state index in [1.807, 2.05) is 29.5 Å². The van der Waals surface area contributed by atoms with Crippen molar-refractivity contribution in [3.05, 3.63) is 204 Å². The largest absolute Gasteiger partial charge is 0.278 e. The Labute approximate surface area is 332 Å². The van der Waals surface area contributed by atoms with Gasteiger partial charge in [0.1, 0.15) is 0 Å². The Morgan fingerprint density at radius 1 is 0.404 bits per heavy atom. The Morgan fingerprint density at radius 3 is 1.72 bits per heavy atom. The van der Waals surface area contributed by atoms with Crippen molar-refractivity contribution in [2.75, 3.05) is 0 Å². The molecule has 13 rings (SSSR count). The monoisotopic (exact) mass is 742 g/mol. The number of fused-ring (bicyclic) bond motifs is 17. The van der Waals surface area contributed by atoms with Gasteiger partial charge in [0.2, 0.25) is 5.95 Å². The van der Waals surface area contributed by atoms with Gasteiger partial charge in [-0.05, 0) is 68.8 Å². The van der Waals surface area contributed by atoms with Gasteiger partial charge < -0.3 is 0 Å². The summed E-state index contributed by atoms with van der Waals surface area (Å²) >= 11 is 1.85. The number of benzene rings is 8. The average Bonchev–Trinajstić information content (AvgIpc) is 4.00. The van der Waals surface area contributed by atoms with Crippen LogP contribution in [0.4, 0.5) is 0 Å². The van der Waals surface area contributed by atoms with E-state index in [1.165, 1.54) is 75.5 Å². The number of hydrogen-bond acceptors (Lipinski definition) is 4. The zero-order valence-corrected chi connectivity index (χ0v) is 31.3. The molecule has 11 aromatic rings. The number of aromatic nitrogens is 4. The van der Waals surface area contributed by atoms with E-state index in [9.17, 15) is 0 Å². The lowest BCUT2D eigenvalue weighted by atomic mass is 9.70. The van der Waals surface area contributed by atoms with Crippen molar-refractivity contribution in [3.63, 3.8) is 0 Å². The molecule has 0 fully saturated rings. The van der Waals surface area contributed by atoms with Gasteiger partial charge in [-0.3, -0.25) is 4.57 Å². The maximum absolute atomic E-state index is 5.38. The highest BCUT2D eigenvalue weighted by molar-refractivity contribution is 7.26. The van der Waals surface area contributed by atoms with Gasteiger partial charge in [-0.1, -0.05) is 158 Å². The fourth-order valence-corrected chi connectivity index (χ4v) is 11.3. The Morgan fingerprint density at radius 2 is 0.982 bits per heavy atom. The maximum atomic E-state index is 5.38. The highest BCUT2D eigenvalue weighted by Gasteiger charge is 2.51. The van der Waals surface area contributed by atoms with Gasteiger partial charge in [0.05, 0.1) is 16.4 Å². The first-order chi connectivity index (χ1) is 28.3. The van der Waals surface area contributed by atoms with E-state index >= 15 is 0 Å². The van der Waals surface area contributed by atoms with Gasteiger partial charge in [0.25, 0.3) is 0 Å². The second kappa shape index (κ2) is 11.4. The molecular weight excluding hydrogens is 713 g/mol. The van der Waals surface area contributed by atoms with Gasteiger partial charge in [-0.25, -0.2) is 4.98 Å². The third-order valence-corrected chi connectivity index (χ3v) is 13.5. The summed E-state index contributed by atoms with van der Waals surface area (Å²) in [6.07, 6.45) is 0. The van der Waals surface area contributed by atoms with Crippen LogP contribution in [0.25, 0.3) is 93.0 Å². The zero-order valence-electron chi connectivity index (χ0n) is 30.5. The number of thiophene rings is 1. The quantitative estimate of drug-likeness (QED) is 0.181. The van der Waals surface area contributed by atoms with Gasteiger partial charge in [-0.15, -0.1) is 11.3 Å². The number of nitrogens with zero attached hydrogens (tertiary/aromatic N) is 4. The Balaban J connectivity index is 1.07. The molecule has 1 spiro atoms. The van der Waals surface area contributed by atoms with Crippen LogP contribution < -0.4 is 0 Å². The van der Waals surface area contributed by atoms with Crippen LogP contribution in [0, 0.1) is 0 Å². The molecular formula is C52H30N4S. The molecule has 0 unspecified atom stereocenters. The van der Waals surface area contributed by atoms with Crippen LogP contribution in [0.2, 0.25) is 0 Å². The fourth-order valence-electron chi connectivity index (χ4n) is 10.00. The molecule has 8 aromatic carbocycles. The molecule has 2 aliphatic carbocycles. The lowest BCUT2D eigenvalue weighted by Gasteiger charge is -2.30. The first kappa shape index (κ1) is 31.0. The summed E-state index contributed by atoms with van der Waals surface area (Å²) in [5, 5.41) is 4.97. The highest BCUT2D eigenvalue weighted by Crippen LogP contribution is 2.63. The molecule has 4 nitrogen and oxygen atoms in total. The first-order valence-electron chi connectivity index (χ1n) is 19.4. The summed E-state index contributed by atoms with van der Waals surface area (Å²) in [6.45, 7) is 0. The van der Waals surface area contributed by atoms with Crippen molar-refractivity contribution in [2.24, 2.45) is 0 Å². The summed E-state index contributed by atoms with van der Waals surface area (Å²) < 4.78 is 4.80. The van der Waals surface area contributed by atoms with Gasteiger partial charge in [-0.2, -0.15) is 9.97 Å². The minimum Gasteiger partial charge on any atom is -0.278 e. The number of para-hydroxylation sites is 1. The van der Waals surface area contributed by atoms with Crippen molar-refractivity contribution in [2.45, 2.75) is 5.41 Å². The minimum atomic E-state index is -0.405. The molecule has 2 aliphatic rings. The highest BCUT2D eigenvalue weighted by atomic mass is 32.1. The molecule has 5 heteroatoms. The molecule has 0 saturated heterocycles. The van der Waals surface area contributed by atoms with E-state index in [4.69, 9.17) is 15.0 Å². The van der Waals surface area contributed by atoms with Crippen molar-refractivity contribution >= 4 is 53.3 Å².